The minimum atomic E-state index is -0.609. The van der Waals surface area contributed by atoms with Crippen LogP contribution >= 0.6 is 0 Å². The molecule has 0 aliphatic rings. The highest BCUT2D eigenvalue weighted by Gasteiger charge is 2.16. The fourth-order valence-electron chi connectivity index (χ4n) is 2.07. The van der Waals surface area contributed by atoms with Crippen molar-refractivity contribution in [3.8, 4) is 0 Å². The summed E-state index contributed by atoms with van der Waals surface area (Å²) >= 11 is 0. The van der Waals surface area contributed by atoms with Crippen molar-refractivity contribution in [2.45, 2.75) is 26.9 Å². The van der Waals surface area contributed by atoms with Gasteiger partial charge in [-0.25, -0.2) is 4.98 Å². The molecule has 3 nitrogen and oxygen atoms in total. The lowest BCUT2D eigenvalue weighted by Gasteiger charge is -2.16. The molecule has 0 saturated heterocycles. The Morgan fingerprint density at radius 3 is 2.35 bits per heavy atom. The van der Waals surface area contributed by atoms with E-state index >= 15 is 0 Å². The lowest BCUT2D eigenvalue weighted by atomic mass is 9.96. The summed E-state index contributed by atoms with van der Waals surface area (Å²) in [6, 6.07) is 4.17. The van der Waals surface area contributed by atoms with Crippen molar-refractivity contribution >= 4 is 0 Å². The van der Waals surface area contributed by atoms with E-state index in [0.29, 0.717) is 0 Å². The number of aliphatic hydroxyl groups is 1. The zero-order valence-corrected chi connectivity index (χ0v) is 10.7. The van der Waals surface area contributed by atoms with Gasteiger partial charge in [-0.3, -0.25) is 0 Å². The van der Waals surface area contributed by atoms with Crippen molar-refractivity contribution in [3.05, 3.63) is 52.6 Å². The average molecular weight is 230 g/mol. The van der Waals surface area contributed by atoms with Crippen molar-refractivity contribution in [1.29, 1.82) is 0 Å². The number of aliphatic hydroxyl groups excluding tert-OH is 1. The fourth-order valence-corrected chi connectivity index (χ4v) is 2.07. The van der Waals surface area contributed by atoms with Crippen LogP contribution in [0.1, 0.15) is 34.1 Å². The molecule has 0 spiro atoms. The summed E-state index contributed by atoms with van der Waals surface area (Å²) < 4.78 is 1.85. The van der Waals surface area contributed by atoms with Crippen LogP contribution < -0.4 is 0 Å². The summed E-state index contributed by atoms with van der Waals surface area (Å²) in [4.78, 5) is 4.04. The van der Waals surface area contributed by atoms with Crippen LogP contribution in [0.25, 0.3) is 0 Å². The first-order chi connectivity index (χ1) is 8.00. The number of hydrogen-bond acceptors (Lipinski definition) is 2. The second kappa shape index (κ2) is 4.34. The minimum absolute atomic E-state index is 0.609. The first-order valence-corrected chi connectivity index (χ1v) is 5.72. The number of nitrogens with zero attached hydrogens (tertiary/aromatic N) is 2. The molecule has 90 valence electrons. The van der Waals surface area contributed by atoms with Gasteiger partial charge in [0, 0.05) is 7.05 Å². The Balaban J connectivity index is 2.48. The zero-order chi connectivity index (χ0) is 12.6. The Kier molecular flexibility index (Phi) is 3.03. The van der Waals surface area contributed by atoms with Crippen LogP contribution in [-0.4, -0.2) is 14.7 Å². The van der Waals surface area contributed by atoms with Gasteiger partial charge in [0.05, 0.1) is 18.2 Å². The number of aryl methyl sites for hydroxylation is 4. The van der Waals surface area contributed by atoms with Gasteiger partial charge in [-0.2, -0.15) is 0 Å². The Bertz CT molecular complexity index is 543. The largest absolute Gasteiger partial charge is 0.382 e. The molecule has 1 aromatic carbocycles. The van der Waals surface area contributed by atoms with Crippen LogP contribution in [0, 0.1) is 20.8 Å². The van der Waals surface area contributed by atoms with E-state index in [2.05, 4.69) is 31.0 Å². The van der Waals surface area contributed by atoms with E-state index in [0.717, 1.165) is 16.8 Å². The Morgan fingerprint density at radius 2 is 1.76 bits per heavy atom. The molecule has 0 bridgehead atoms. The third kappa shape index (κ3) is 2.11. The van der Waals surface area contributed by atoms with Crippen LogP contribution in [0.4, 0.5) is 0 Å². The monoisotopic (exact) mass is 230 g/mol. The van der Waals surface area contributed by atoms with Crippen LogP contribution in [0.5, 0.6) is 0 Å². The summed E-state index contributed by atoms with van der Waals surface area (Å²) in [5.74, 6) is 0. The topological polar surface area (TPSA) is 38.1 Å². The molecule has 0 aliphatic carbocycles. The standard InChI is InChI=1S/C14H18N2O/c1-9-5-11(3)12(6-10(9)2)14(17)13-7-15-8-16(13)4/h5-8,14,17H,1-4H3. The molecule has 0 radical (unpaired) electrons. The minimum Gasteiger partial charge on any atom is -0.382 e. The van der Waals surface area contributed by atoms with Crippen molar-refractivity contribution in [3.63, 3.8) is 0 Å². The van der Waals surface area contributed by atoms with Gasteiger partial charge in [-0.15, -0.1) is 0 Å². The third-order valence-corrected chi connectivity index (χ3v) is 3.31. The van der Waals surface area contributed by atoms with Crippen molar-refractivity contribution in [2.24, 2.45) is 7.05 Å². The lowest BCUT2D eigenvalue weighted by Crippen LogP contribution is -2.07. The smallest absolute Gasteiger partial charge is 0.121 e. The Morgan fingerprint density at radius 1 is 1.12 bits per heavy atom. The Labute approximate surface area is 102 Å². The highest BCUT2D eigenvalue weighted by molar-refractivity contribution is 5.40. The lowest BCUT2D eigenvalue weighted by molar-refractivity contribution is 0.210. The van der Waals surface area contributed by atoms with Crippen molar-refractivity contribution < 1.29 is 5.11 Å². The van der Waals surface area contributed by atoms with Gasteiger partial charge in [-0.05, 0) is 43.0 Å². The van der Waals surface area contributed by atoms with Crippen molar-refractivity contribution in [2.75, 3.05) is 0 Å². The maximum absolute atomic E-state index is 10.4. The van der Waals surface area contributed by atoms with E-state index in [1.165, 1.54) is 11.1 Å². The molecule has 0 saturated carbocycles. The molecule has 2 aromatic rings. The normalized spacial score (nSPS) is 12.8. The Hall–Kier alpha value is -1.61. The number of benzene rings is 1. The summed E-state index contributed by atoms with van der Waals surface area (Å²) in [5.41, 5.74) is 5.34. The van der Waals surface area contributed by atoms with E-state index in [1.54, 1.807) is 12.5 Å². The third-order valence-electron chi connectivity index (χ3n) is 3.31. The maximum atomic E-state index is 10.4. The molecule has 1 heterocycles. The number of hydrogen-bond donors (Lipinski definition) is 1. The number of imidazole rings is 1. The number of aromatic nitrogens is 2. The summed E-state index contributed by atoms with van der Waals surface area (Å²) in [6.07, 6.45) is 2.80. The molecular formula is C14H18N2O. The molecule has 2 rings (SSSR count). The molecular weight excluding hydrogens is 212 g/mol. The van der Waals surface area contributed by atoms with Gasteiger partial charge < -0.3 is 9.67 Å². The van der Waals surface area contributed by atoms with Gasteiger partial charge >= 0.3 is 0 Å². The summed E-state index contributed by atoms with van der Waals surface area (Å²) in [5, 5.41) is 10.4. The number of rotatable bonds is 2. The summed E-state index contributed by atoms with van der Waals surface area (Å²) in [6.45, 7) is 6.18. The zero-order valence-electron chi connectivity index (χ0n) is 10.7. The van der Waals surface area contributed by atoms with Crippen LogP contribution in [0.15, 0.2) is 24.7 Å². The highest BCUT2D eigenvalue weighted by Crippen LogP contribution is 2.26. The van der Waals surface area contributed by atoms with Gasteiger partial charge in [0.15, 0.2) is 0 Å². The molecule has 1 N–H and O–H groups in total. The van der Waals surface area contributed by atoms with E-state index in [1.807, 2.05) is 18.5 Å². The second-order valence-corrected chi connectivity index (χ2v) is 4.63. The molecule has 0 amide bonds. The first-order valence-electron chi connectivity index (χ1n) is 5.72. The quantitative estimate of drug-likeness (QED) is 0.860. The van der Waals surface area contributed by atoms with E-state index < -0.39 is 6.10 Å². The van der Waals surface area contributed by atoms with Gasteiger partial charge in [-0.1, -0.05) is 12.1 Å². The predicted molar refractivity (Wildman–Crippen MR) is 67.9 cm³/mol. The molecule has 1 aromatic heterocycles. The molecule has 17 heavy (non-hydrogen) atoms. The predicted octanol–water partition coefficient (Wildman–Crippen LogP) is 2.43. The van der Waals surface area contributed by atoms with E-state index in [4.69, 9.17) is 0 Å². The van der Waals surface area contributed by atoms with E-state index in [-0.39, 0.29) is 0 Å². The molecule has 0 aliphatic heterocycles. The highest BCUT2D eigenvalue weighted by atomic mass is 16.3. The van der Waals surface area contributed by atoms with Crippen LogP contribution in [0.3, 0.4) is 0 Å². The molecule has 1 unspecified atom stereocenters. The molecule has 0 fully saturated rings. The van der Waals surface area contributed by atoms with Gasteiger partial charge in [0.25, 0.3) is 0 Å². The molecule has 3 heteroatoms. The summed E-state index contributed by atoms with van der Waals surface area (Å²) in [7, 11) is 1.89. The van der Waals surface area contributed by atoms with Gasteiger partial charge in [0.1, 0.15) is 6.10 Å². The van der Waals surface area contributed by atoms with Crippen LogP contribution in [0.2, 0.25) is 0 Å². The van der Waals surface area contributed by atoms with E-state index in [9.17, 15) is 5.11 Å². The fraction of sp³-hybridized carbons (Fsp3) is 0.357. The first kappa shape index (κ1) is 11.9. The SMILES string of the molecule is Cc1cc(C)c(C(O)c2cncn2C)cc1C. The van der Waals surface area contributed by atoms with Crippen LogP contribution in [-0.2, 0) is 7.05 Å². The average Bonchev–Trinajstić information content (AvgIpc) is 2.69. The second-order valence-electron chi connectivity index (χ2n) is 4.63. The maximum Gasteiger partial charge on any atom is 0.121 e. The van der Waals surface area contributed by atoms with Crippen molar-refractivity contribution in [1.82, 2.24) is 9.55 Å². The molecule has 1 atom stereocenters. The van der Waals surface area contributed by atoms with Gasteiger partial charge in [0.2, 0.25) is 0 Å².